The van der Waals surface area contributed by atoms with Crippen LogP contribution >= 0.6 is 23.4 Å². The monoisotopic (exact) mass is 324 g/mol. The molecule has 0 saturated heterocycles. The van der Waals surface area contributed by atoms with Crippen LogP contribution in [0.15, 0.2) is 29.3 Å². The standard InChI is InChI=1S/C16H21ClN2OS/c17-12-6-8-13(9-7-12)20-10-3-11-21-16-18-14-4-1-2-5-15(14)19-16/h6-9,14-15H,1-5,10-11H2,(H,18,19)/t14-,15-/m1/s1. The number of hydrogen-bond acceptors (Lipinski definition) is 4. The van der Waals surface area contributed by atoms with Gasteiger partial charge in [0, 0.05) is 10.8 Å². The largest absolute Gasteiger partial charge is 0.494 e. The first-order valence-corrected chi connectivity index (χ1v) is 9.03. The van der Waals surface area contributed by atoms with Gasteiger partial charge >= 0.3 is 0 Å². The summed E-state index contributed by atoms with van der Waals surface area (Å²) in [7, 11) is 0. The Kier molecular flexibility index (Phi) is 5.31. The molecule has 2 atom stereocenters. The number of rotatable bonds is 5. The second-order valence-corrected chi connectivity index (χ2v) is 7.06. The van der Waals surface area contributed by atoms with Crippen molar-refractivity contribution in [2.75, 3.05) is 12.4 Å². The molecule has 21 heavy (non-hydrogen) atoms. The van der Waals surface area contributed by atoms with Gasteiger partial charge in [-0.25, -0.2) is 0 Å². The maximum absolute atomic E-state index is 5.84. The van der Waals surface area contributed by atoms with Gasteiger partial charge in [-0.3, -0.25) is 4.99 Å². The van der Waals surface area contributed by atoms with Gasteiger partial charge in [0.2, 0.25) is 0 Å². The number of ether oxygens (including phenoxy) is 1. The minimum Gasteiger partial charge on any atom is -0.494 e. The zero-order valence-corrected chi connectivity index (χ0v) is 13.6. The van der Waals surface area contributed by atoms with E-state index in [0.29, 0.717) is 12.1 Å². The molecule has 114 valence electrons. The van der Waals surface area contributed by atoms with Gasteiger partial charge in [0.05, 0.1) is 18.7 Å². The van der Waals surface area contributed by atoms with Crippen LogP contribution in [0.3, 0.4) is 0 Å². The average Bonchev–Trinajstić information content (AvgIpc) is 2.91. The Morgan fingerprint density at radius 3 is 2.86 bits per heavy atom. The SMILES string of the molecule is Clc1ccc(OCCCSC2=N[C@@H]3CCCC[C@H]3N2)cc1. The number of fused-ring (bicyclic) bond motifs is 1. The number of nitrogens with one attached hydrogen (secondary N) is 1. The molecule has 1 N–H and O–H groups in total. The Balaban J connectivity index is 1.32. The maximum atomic E-state index is 5.84. The number of thioether (sulfide) groups is 1. The maximum Gasteiger partial charge on any atom is 0.157 e. The second kappa shape index (κ2) is 7.41. The number of aliphatic imine (C=N–C) groups is 1. The lowest BCUT2D eigenvalue weighted by atomic mass is 9.92. The van der Waals surface area contributed by atoms with Crippen molar-refractivity contribution in [1.82, 2.24) is 5.32 Å². The zero-order valence-electron chi connectivity index (χ0n) is 12.1. The summed E-state index contributed by atoms with van der Waals surface area (Å²) in [5.41, 5.74) is 0. The molecule has 3 nitrogen and oxygen atoms in total. The van der Waals surface area contributed by atoms with Crippen LogP contribution in [0.1, 0.15) is 32.1 Å². The van der Waals surface area contributed by atoms with Crippen LogP contribution in [0.4, 0.5) is 0 Å². The molecule has 2 aliphatic rings. The third-order valence-electron chi connectivity index (χ3n) is 3.93. The topological polar surface area (TPSA) is 33.6 Å². The van der Waals surface area contributed by atoms with Crippen LogP contribution in [0.2, 0.25) is 5.02 Å². The van der Waals surface area contributed by atoms with Crippen molar-refractivity contribution in [1.29, 1.82) is 0 Å². The molecule has 1 fully saturated rings. The average molecular weight is 325 g/mol. The summed E-state index contributed by atoms with van der Waals surface area (Å²) in [6.07, 6.45) is 6.22. The number of amidine groups is 1. The van der Waals surface area contributed by atoms with E-state index in [1.165, 1.54) is 25.7 Å². The van der Waals surface area contributed by atoms with Gasteiger partial charge in [-0.15, -0.1) is 0 Å². The number of nitrogens with zero attached hydrogens (tertiary/aromatic N) is 1. The van der Waals surface area contributed by atoms with E-state index in [4.69, 9.17) is 21.3 Å². The van der Waals surface area contributed by atoms with E-state index in [0.717, 1.165) is 34.7 Å². The van der Waals surface area contributed by atoms with Crippen molar-refractivity contribution in [3.8, 4) is 5.75 Å². The van der Waals surface area contributed by atoms with Crippen LogP contribution in [0, 0.1) is 0 Å². The van der Waals surface area contributed by atoms with E-state index in [1.54, 1.807) is 0 Å². The summed E-state index contributed by atoms with van der Waals surface area (Å²) in [5, 5.41) is 5.44. The van der Waals surface area contributed by atoms with Crippen molar-refractivity contribution < 1.29 is 4.74 Å². The van der Waals surface area contributed by atoms with Crippen molar-refractivity contribution in [3.63, 3.8) is 0 Å². The van der Waals surface area contributed by atoms with Gasteiger partial charge in [0.15, 0.2) is 5.17 Å². The van der Waals surface area contributed by atoms with E-state index in [2.05, 4.69) is 5.32 Å². The molecule has 1 heterocycles. The molecule has 1 aliphatic carbocycles. The van der Waals surface area contributed by atoms with Crippen molar-refractivity contribution >= 4 is 28.5 Å². The van der Waals surface area contributed by atoms with E-state index in [-0.39, 0.29) is 0 Å². The predicted octanol–water partition coefficient (Wildman–Crippen LogP) is 4.11. The smallest absolute Gasteiger partial charge is 0.157 e. The fourth-order valence-corrected chi connectivity index (χ4v) is 3.83. The van der Waals surface area contributed by atoms with Crippen LogP contribution < -0.4 is 10.1 Å². The molecule has 0 unspecified atom stereocenters. The third kappa shape index (κ3) is 4.30. The van der Waals surface area contributed by atoms with Crippen molar-refractivity contribution in [2.24, 2.45) is 4.99 Å². The molecule has 1 saturated carbocycles. The molecule has 3 rings (SSSR count). The summed E-state index contributed by atoms with van der Waals surface area (Å²) >= 11 is 7.67. The highest BCUT2D eigenvalue weighted by molar-refractivity contribution is 8.13. The van der Waals surface area contributed by atoms with Gasteiger partial charge in [-0.05, 0) is 43.5 Å². The molecule has 1 aromatic rings. The minimum atomic E-state index is 0.534. The lowest BCUT2D eigenvalue weighted by Gasteiger charge is -2.23. The summed E-state index contributed by atoms with van der Waals surface area (Å²) in [6.45, 7) is 0.731. The molecule has 1 aromatic carbocycles. The summed E-state index contributed by atoms with van der Waals surface area (Å²) in [4.78, 5) is 4.79. The highest BCUT2D eigenvalue weighted by Gasteiger charge is 2.30. The first-order valence-electron chi connectivity index (χ1n) is 7.67. The highest BCUT2D eigenvalue weighted by Crippen LogP contribution is 2.27. The zero-order chi connectivity index (χ0) is 14.5. The Hall–Kier alpha value is -0.870. The van der Waals surface area contributed by atoms with Crippen molar-refractivity contribution in [2.45, 2.75) is 44.2 Å². The van der Waals surface area contributed by atoms with Crippen LogP contribution in [0.5, 0.6) is 5.75 Å². The van der Waals surface area contributed by atoms with Crippen LogP contribution in [0.25, 0.3) is 0 Å². The minimum absolute atomic E-state index is 0.534. The lowest BCUT2D eigenvalue weighted by molar-refractivity contribution is 0.319. The van der Waals surface area contributed by atoms with E-state index in [1.807, 2.05) is 36.0 Å². The molecule has 1 aliphatic heterocycles. The van der Waals surface area contributed by atoms with E-state index < -0.39 is 0 Å². The first-order chi connectivity index (χ1) is 10.3. The molecule has 0 bridgehead atoms. The van der Waals surface area contributed by atoms with Crippen LogP contribution in [-0.2, 0) is 0 Å². The predicted molar refractivity (Wildman–Crippen MR) is 90.6 cm³/mol. The second-order valence-electron chi connectivity index (χ2n) is 5.54. The fraction of sp³-hybridized carbons (Fsp3) is 0.562. The lowest BCUT2D eigenvalue weighted by Crippen LogP contribution is -2.36. The summed E-state index contributed by atoms with van der Waals surface area (Å²) in [6, 6.07) is 8.65. The molecule has 0 radical (unpaired) electrons. The first kappa shape index (κ1) is 15.0. The Bertz CT molecular complexity index is 492. The molecule has 5 heteroatoms. The summed E-state index contributed by atoms with van der Waals surface area (Å²) in [5.74, 6) is 1.92. The van der Waals surface area contributed by atoms with Gasteiger partial charge in [0.25, 0.3) is 0 Å². The Labute approximate surface area is 135 Å². The third-order valence-corrected chi connectivity index (χ3v) is 5.17. The number of benzene rings is 1. The Morgan fingerprint density at radius 1 is 1.24 bits per heavy atom. The quantitative estimate of drug-likeness (QED) is 0.827. The van der Waals surface area contributed by atoms with Gasteiger partial charge < -0.3 is 10.1 Å². The molecular weight excluding hydrogens is 304 g/mol. The molecule has 0 spiro atoms. The van der Waals surface area contributed by atoms with Crippen molar-refractivity contribution in [3.05, 3.63) is 29.3 Å². The molecular formula is C16H21ClN2OS. The number of halogens is 1. The number of hydrogen-bond donors (Lipinski definition) is 1. The fourth-order valence-electron chi connectivity index (χ4n) is 2.81. The van der Waals surface area contributed by atoms with E-state index in [9.17, 15) is 0 Å². The molecule has 0 aromatic heterocycles. The molecule has 0 amide bonds. The van der Waals surface area contributed by atoms with E-state index >= 15 is 0 Å². The highest BCUT2D eigenvalue weighted by atomic mass is 35.5. The normalized spacial score (nSPS) is 24.1. The summed E-state index contributed by atoms with van der Waals surface area (Å²) < 4.78 is 5.69. The van der Waals surface area contributed by atoms with Gasteiger partial charge in [0.1, 0.15) is 5.75 Å². The van der Waals surface area contributed by atoms with Gasteiger partial charge in [-0.1, -0.05) is 36.2 Å². The Morgan fingerprint density at radius 2 is 2.05 bits per heavy atom. The van der Waals surface area contributed by atoms with Crippen LogP contribution in [-0.4, -0.2) is 29.6 Å². The van der Waals surface area contributed by atoms with Gasteiger partial charge in [-0.2, -0.15) is 0 Å².